The summed E-state index contributed by atoms with van der Waals surface area (Å²) in [6.45, 7) is 5.61. The van der Waals surface area contributed by atoms with Crippen LogP contribution in [0.15, 0.2) is 28.8 Å². The molecular weight excluding hydrogens is 308 g/mol. The van der Waals surface area contributed by atoms with Crippen molar-refractivity contribution < 1.29 is 14.0 Å². The van der Waals surface area contributed by atoms with Crippen LogP contribution in [0.1, 0.15) is 40.5 Å². The molecule has 2 rings (SSSR count). The van der Waals surface area contributed by atoms with Gasteiger partial charge in [0.05, 0.1) is 6.04 Å². The molecule has 7 nitrogen and oxygen atoms in total. The van der Waals surface area contributed by atoms with E-state index in [4.69, 9.17) is 4.42 Å². The predicted molar refractivity (Wildman–Crippen MR) is 91.0 cm³/mol. The third-order valence-electron chi connectivity index (χ3n) is 3.54. The number of amides is 3. The van der Waals surface area contributed by atoms with Gasteiger partial charge in [-0.2, -0.15) is 0 Å². The van der Waals surface area contributed by atoms with Crippen molar-refractivity contribution in [3.63, 3.8) is 0 Å². The summed E-state index contributed by atoms with van der Waals surface area (Å²) in [7, 11) is 3.29. The summed E-state index contributed by atoms with van der Waals surface area (Å²) in [6.07, 6.45) is 1.49. The lowest BCUT2D eigenvalue weighted by Crippen LogP contribution is -2.31. The fourth-order valence-corrected chi connectivity index (χ4v) is 2.38. The molecule has 128 valence electrons. The normalized spacial score (nSPS) is 11.7. The van der Waals surface area contributed by atoms with E-state index in [1.807, 2.05) is 26.8 Å². The average molecular weight is 330 g/mol. The predicted octanol–water partition coefficient (Wildman–Crippen LogP) is 2.88. The minimum absolute atomic E-state index is 0.202. The van der Waals surface area contributed by atoms with Gasteiger partial charge >= 0.3 is 6.03 Å². The topological polar surface area (TPSA) is 87.5 Å². The third kappa shape index (κ3) is 4.13. The van der Waals surface area contributed by atoms with Crippen molar-refractivity contribution in [1.29, 1.82) is 0 Å². The molecule has 2 heterocycles. The second kappa shape index (κ2) is 7.16. The van der Waals surface area contributed by atoms with Gasteiger partial charge < -0.3 is 20.0 Å². The first-order chi connectivity index (χ1) is 11.3. The number of nitrogens with one attached hydrogen (secondary N) is 2. The highest BCUT2D eigenvalue weighted by Gasteiger charge is 2.16. The highest BCUT2D eigenvalue weighted by molar-refractivity contribution is 5.95. The van der Waals surface area contributed by atoms with Gasteiger partial charge in [0.25, 0.3) is 5.91 Å². The number of pyridine rings is 1. The number of rotatable bonds is 4. The van der Waals surface area contributed by atoms with Crippen LogP contribution >= 0.6 is 0 Å². The smallest absolute Gasteiger partial charge is 0.319 e. The molecular formula is C17H22N4O3. The van der Waals surface area contributed by atoms with Crippen LogP contribution in [-0.2, 0) is 0 Å². The van der Waals surface area contributed by atoms with E-state index in [0.717, 1.165) is 17.1 Å². The number of carbonyl (C=O) groups excluding carboxylic acids is 2. The van der Waals surface area contributed by atoms with Crippen molar-refractivity contribution >= 4 is 17.6 Å². The highest BCUT2D eigenvalue weighted by Crippen LogP contribution is 2.21. The van der Waals surface area contributed by atoms with Crippen molar-refractivity contribution in [3.05, 3.63) is 47.2 Å². The van der Waals surface area contributed by atoms with Gasteiger partial charge in [0.2, 0.25) is 0 Å². The zero-order valence-corrected chi connectivity index (χ0v) is 14.5. The summed E-state index contributed by atoms with van der Waals surface area (Å²) in [5, 5.41) is 5.56. The molecule has 0 bridgehead atoms. The minimum atomic E-state index is -0.366. The maximum atomic E-state index is 12.2. The monoisotopic (exact) mass is 330 g/mol. The van der Waals surface area contributed by atoms with Crippen LogP contribution in [0, 0.1) is 13.8 Å². The van der Waals surface area contributed by atoms with E-state index in [2.05, 4.69) is 15.6 Å². The van der Waals surface area contributed by atoms with E-state index < -0.39 is 0 Å². The molecule has 24 heavy (non-hydrogen) atoms. The van der Waals surface area contributed by atoms with Gasteiger partial charge in [0.1, 0.15) is 17.2 Å². The average Bonchev–Trinajstić information content (AvgIpc) is 2.85. The third-order valence-corrected chi connectivity index (χ3v) is 3.54. The Bertz CT molecular complexity index is 752. The van der Waals surface area contributed by atoms with E-state index in [1.165, 1.54) is 11.1 Å². The summed E-state index contributed by atoms with van der Waals surface area (Å²) >= 11 is 0. The number of anilines is 1. The van der Waals surface area contributed by atoms with E-state index in [1.54, 1.807) is 26.2 Å². The van der Waals surface area contributed by atoms with Crippen molar-refractivity contribution in [2.75, 3.05) is 19.4 Å². The molecule has 0 aromatic carbocycles. The van der Waals surface area contributed by atoms with Crippen LogP contribution in [0.5, 0.6) is 0 Å². The summed E-state index contributed by atoms with van der Waals surface area (Å²) in [5.74, 6) is 1.36. The lowest BCUT2D eigenvalue weighted by atomic mass is 10.1. The molecule has 0 aliphatic carbocycles. The van der Waals surface area contributed by atoms with Crippen molar-refractivity contribution in [3.8, 4) is 0 Å². The van der Waals surface area contributed by atoms with Crippen molar-refractivity contribution in [1.82, 2.24) is 15.2 Å². The Kier molecular flexibility index (Phi) is 5.23. The van der Waals surface area contributed by atoms with Gasteiger partial charge in [0.15, 0.2) is 0 Å². The Labute approximate surface area is 141 Å². The van der Waals surface area contributed by atoms with E-state index in [9.17, 15) is 9.59 Å². The molecule has 0 aliphatic rings. The minimum Gasteiger partial charge on any atom is -0.466 e. The number of nitrogens with zero attached hydrogens (tertiary/aromatic N) is 2. The Balaban J connectivity index is 2.03. The molecule has 0 spiro atoms. The molecule has 1 atom stereocenters. The van der Waals surface area contributed by atoms with Gasteiger partial charge in [-0.15, -0.1) is 0 Å². The number of carbonyl (C=O) groups is 2. The Morgan fingerprint density at radius 3 is 2.54 bits per heavy atom. The number of hydrogen-bond acceptors (Lipinski definition) is 4. The van der Waals surface area contributed by atoms with Gasteiger partial charge in [-0.1, -0.05) is 0 Å². The summed E-state index contributed by atoms with van der Waals surface area (Å²) in [5.41, 5.74) is 1.70. The molecule has 2 aromatic rings. The van der Waals surface area contributed by atoms with Crippen LogP contribution in [0.2, 0.25) is 0 Å². The molecule has 0 aliphatic heterocycles. The number of urea groups is 1. The zero-order chi connectivity index (χ0) is 17.9. The fourth-order valence-electron chi connectivity index (χ4n) is 2.38. The molecule has 0 saturated heterocycles. The molecule has 3 amide bonds. The molecule has 7 heteroatoms. The van der Waals surface area contributed by atoms with Gasteiger partial charge in [-0.3, -0.25) is 9.78 Å². The summed E-state index contributed by atoms with van der Waals surface area (Å²) in [4.78, 5) is 29.5. The van der Waals surface area contributed by atoms with Gasteiger partial charge in [-0.05, 0) is 39.0 Å². The summed E-state index contributed by atoms with van der Waals surface area (Å²) < 4.78 is 5.48. The molecule has 0 unspecified atom stereocenters. The van der Waals surface area contributed by atoms with Crippen LogP contribution in [0.3, 0.4) is 0 Å². The second-order valence-corrected chi connectivity index (χ2v) is 5.82. The lowest BCUT2D eigenvalue weighted by molar-refractivity contribution is 0.0822. The Morgan fingerprint density at radius 2 is 1.96 bits per heavy atom. The van der Waals surface area contributed by atoms with E-state index in [-0.39, 0.29) is 23.7 Å². The SMILES string of the molecule is Cc1cc([C@@H](C)NC(=O)Nc2ccnc(C(=O)N(C)C)c2)c(C)o1. The molecule has 2 N–H and O–H groups in total. The fraction of sp³-hybridized carbons (Fsp3) is 0.353. The van der Waals surface area contributed by atoms with E-state index >= 15 is 0 Å². The van der Waals surface area contributed by atoms with Crippen molar-refractivity contribution in [2.24, 2.45) is 0 Å². The van der Waals surface area contributed by atoms with Crippen LogP contribution < -0.4 is 10.6 Å². The second-order valence-electron chi connectivity index (χ2n) is 5.82. The molecule has 2 aromatic heterocycles. The number of aryl methyl sites for hydroxylation is 2. The lowest BCUT2D eigenvalue weighted by Gasteiger charge is -2.15. The zero-order valence-electron chi connectivity index (χ0n) is 14.5. The Morgan fingerprint density at radius 1 is 1.25 bits per heavy atom. The molecule has 0 saturated carbocycles. The molecule has 0 radical (unpaired) electrons. The first-order valence-corrected chi connectivity index (χ1v) is 7.60. The van der Waals surface area contributed by atoms with Crippen LogP contribution in [0.25, 0.3) is 0 Å². The highest BCUT2D eigenvalue weighted by atomic mass is 16.3. The van der Waals surface area contributed by atoms with Crippen LogP contribution in [0.4, 0.5) is 10.5 Å². The van der Waals surface area contributed by atoms with Crippen molar-refractivity contribution in [2.45, 2.75) is 26.8 Å². The first kappa shape index (κ1) is 17.5. The summed E-state index contributed by atoms with van der Waals surface area (Å²) in [6, 6.07) is 4.51. The Hall–Kier alpha value is -2.83. The number of hydrogen-bond donors (Lipinski definition) is 2. The van der Waals surface area contributed by atoms with Gasteiger partial charge in [0, 0.05) is 31.5 Å². The number of aromatic nitrogens is 1. The molecule has 0 fully saturated rings. The standard InChI is InChI=1S/C17H22N4O3/c1-10-8-14(12(3)24-10)11(2)19-17(23)20-13-6-7-18-15(9-13)16(22)21(4)5/h6-9,11H,1-5H3,(H2,18,19,20,23)/t11-/m1/s1. The number of furan rings is 1. The van der Waals surface area contributed by atoms with Gasteiger partial charge in [-0.25, -0.2) is 4.79 Å². The van der Waals surface area contributed by atoms with E-state index in [0.29, 0.717) is 5.69 Å². The quantitative estimate of drug-likeness (QED) is 0.902. The maximum Gasteiger partial charge on any atom is 0.319 e. The largest absolute Gasteiger partial charge is 0.466 e. The maximum absolute atomic E-state index is 12.2. The first-order valence-electron chi connectivity index (χ1n) is 7.60. The van der Waals surface area contributed by atoms with Crippen LogP contribution in [-0.4, -0.2) is 35.9 Å².